The fourth-order valence-corrected chi connectivity index (χ4v) is 5.23. The summed E-state index contributed by atoms with van der Waals surface area (Å²) >= 11 is 0. The number of carbonyl (C=O) groups is 1. The van der Waals surface area contributed by atoms with E-state index < -0.39 is 0 Å². The van der Waals surface area contributed by atoms with Crippen LogP contribution in [0.5, 0.6) is 0 Å². The van der Waals surface area contributed by atoms with Crippen molar-refractivity contribution in [2.75, 3.05) is 13.1 Å². The fourth-order valence-electron chi connectivity index (χ4n) is 5.23. The second-order valence-corrected chi connectivity index (χ2v) is 11.3. The minimum atomic E-state index is 0.0192. The van der Waals surface area contributed by atoms with Gasteiger partial charge in [-0.15, -0.1) is 5.10 Å². The highest BCUT2D eigenvalue weighted by Gasteiger charge is 2.39. The van der Waals surface area contributed by atoms with Gasteiger partial charge < -0.3 is 10.2 Å². The maximum Gasteiger partial charge on any atom is 0.222 e. The van der Waals surface area contributed by atoms with Crippen molar-refractivity contribution in [3.8, 4) is 0 Å². The predicted molar refractivity (Wildman–Crippen MR) is 112 cm³/mol. The van der Waals surface area contributed by atoms with Gasteiger partial charge in [0.25, 0.3) is 0 Å². The first-order valence-corrected chi connectivity index (χ1v) is 10.8. The number of hydrogen-bond donors (Lipinski definition) is 1. The summed E-state index contributed by atoms with van der Waals surface area (Å²) in [7, 11) is 0. The summed E-state index contributed by atoms with van der Waals surface area (Å²) in [6.07, 6.45) is 6.81. The Bertz CT molecular complexity index is 676. The molecule has 0 spiro atoms. The zero-order chi connectivity index (χ0) is 20.7. The van der Waals surface area contributed by atoms with E-state index in [2.05, 4.69) is 75.2 Å². The van der Waals surface area contributed by atoms with E-state index in [1.54, 1.807) is 0 Å². The monoisotopic (exact) mass is 389 g/mol. The molecule has 2 aliphatic heterocycles. The van der Waals surface area contributed by atoms with E-state index in [0.717, 1.165) is 44.5 Å². The third kappa shape index (κ3) is 5.13. The minimum Gasteiger partial charge on any atom is -0.343 e. The standard InChI is InChI=1S/C22H39N5O/c1-20(2,3)18-15-27(25-23-18)17-8-10-26(11-9-17)19(28)12-16-13-21(4,5)24-22(6,7)14-16/h15-17,24H,8-14H2,1-7H3. The van der Waals surface area contributed by atoms with Crippen LogP contribution >= 0.6 is 0 Å². The zero-order valence-corrected chi connectivity index (χ0v) is 18.9. The largest absolute Gasteiger partial charge is 0.343 e. The molecule has 0 bridgehead atoms. The lowest BCUT2D eigenvalue weighted by atomic mass is 9.74. The molecule has 1 aromatic rings. The van der Waals surface area contributed by atoms with Gasteiger partial charge in [-0.1, -0.05) is 26.0 Å². The Morgan fingerprint density at radius 2 is 1.71 bits per heavy atom. The fraction of sp³-hybridized carbons (Fsp3) is 0.864. The number of carbonyl (C=O) groups excluding carboxylic acids is 1. The highest BCUT2D eigenvalue weighted by molar-refractivity contribution is 5.76. The van der Waals surface area contributed by atoms with Gasteiger partial charge in [0.15, 0.2) is 0 Å². The van der Waals surface area contributed by atoms with Gasteiger partial charge in [0.05, 0.1) is 11.7 Å². The third-order valence-corrected chi connectivity index (χ3v) is 6.21. The van der Waals surface area contributed by atoms with Crippen molar-refractivity contribution in [1.82, 2.24) is 25.2 Å². The van der Waals surface area contributed by atoms with E-state index in [9.17, 15) is 4.79 Å². The van der Waals surface area contributed by atoms with Crippen molar-refractivity contribution in [3.05, 3.63) is 11.9 Å². The van der Waals surface area contributed by atoms with Gasteiger partial charge in [0, 0.05) is 42.2 Å². The lowest BCUT2D eigenvalue weighted by Gasteiger charge is -2.46. The highest BCUT2D eigenvalue weighted by atomic mass is 16.2. The van der Waals surface area contributed by atoms with Crippen molar-refractivity contribution in [2.24, 2.45) is 5.92 Å². The van der Waals surface area contributed by atoms with Gasteiger partial charge in [-0.3, -0.25) is 4.79 Å². The van der Waals surface area contributed by atoms with Crippen molar-refractivity contribution in [2.45, 2.75) is 103 Å². The number of hydrogen-bond acceptors (Lipinski definition) is 4. The van der Waals surface area contributed by atoms with Gasteiger partial charge in [0.1, 0.15) is 0 Å². The lowest BCUT2D eigenvalue weighted by molar-refractivity contribution is -0.134. The summed E-state index contributed by atoms with van der Waals surface area (Å²) in [4.78, 5) is 15.0. The first kappa shape index (κ1) is 21.3. The molecule has 158 valence electrons. The molecule has 0 saturated carbocycles. The second-order valence-electron chi connectivity index (χ2n) is 11.3. The van der Waals surface area contributed by atoms with Crippen LogP contribution < -0.4 is 5.32 Å². The van der Waals surface area contributed by atoms with Crippen LogP contribution in [0.3, 0.4) is 0 Å². The summed E-state index contributed by atoms with van der Waals surface area (Å²) in [5.41, 5.74) is 1.24. The van der Waals surface area contributed by atoms with Crippen LogP contribution in [0, 0.1) is 5.92 Å². The van der Waals surface area contributed by atoms with E-state index in [1.165, 1.54) is 0 Å². The number of rotatable bonds is 3. The van der Waals surface area contributed by atoms with Crippen molar-refractivity contribution in [3.63, 3.8) is 0 Å². The number of amides is 1. The summed E-state index contributed by atoms with van der Waals surface area (Å²) < 4.78 is 2.01. The Morgan fingerprint density at radius 3 is 2.21 bits per heavy atom. The van der Waals surface area contributed by atoms with Crippen molar-refractivity contribution in [1.29, 1.82) is 0 Å². The lowest BCUT2D eigenvalue weighted by Crippen LogP contribution is -2.58. The van der Waals surface area contributed by atoms with Crippen LogP contribution in [-0.4, -0.2) is 50.0 Å². The zero-order valence-electron chi connectivity index (χ0n) is 18.9. The molecule has 1 aromatic heterocycles. The van der Waals surface area contributed by atoms with Crippen LogP contribution in [0.4, 0.5) is 0 Å². The summed E-state index contributed by atoms with van der Waals surface area (Å²) in [6.45, 7) is 17.1. The van der Waals surface area contributed by atoms with Crippen molar-refractivity contribution < 1.29 is 4.79 Å². The van der Waals surface area contributed by atoms with Gasteiger partial charge in [0.2, 0.25) is 5.91 Å². The highest BCUT2D eigenvalue weighted by Crippen LogP contribution is 2.35. The minimum absolute atomic E-state index is 0.0192. The molecule has 0 aliphatic carbocycles. The first-order valence-electron chi connectivity index (χ1n) is 10.8. The summed E-state index contributed by atoms with van der Waals surface area (Å²) in [6, 6.07) is 0.351. The molecule has 2 saturated heterocycles. The van der Waals surface area contributed by atoms with E-state index in [0.29, 0.717) is 24.3 Å². The van der Waals surface area contributed by atoms with E-state index in [4.69, 9.17) is 0 Å². The molecular formula is C22H39N5O. The second kappa shape index (κ2) is 7.43. The molecule has 3 rings (SSSR count). The normalized spacial score (nSPS) is 23.8. The maximum atomic E-state index is 12.9. The molecule has 2 aliphatic rings. The molecular weight excluding hydrogens is 350 g/mol. The van der Waals surface area contributed by atoms with Gasteiger partial charge in [-0.05, 0) is 59.3 Å². The number of piperidine rings is 2. The molecule has 6 heteroatoms. The molecule has 0 unspecified atom stereocenters. The third-order valence-electron chi connectivity index (χ3n) is 6.21. The molecule has 2 fully saturated rings. The molecule has 1 N–H and O–H groups in total. The molecule has 1 amide bonds. The average Bonchev–Trinajstić information content (AvgIpc) is 3.02. The number of aromatic nitrogens is 3. The van der Waals surface area contributed by atoms with E-state index >= 15 is 0 Å². The Balaban J connectivity index is 1.53. The first-order chi connectivity index (χ1) is 12.8. The molecule has 6 nitrogen and oxygen atoms in total. The van der Waals surface area contributed by atoms with Crippen LogP contribution in [0.15, 0.2) is 6.20 Å². The average molecular weight is 390 g/mol. The number of likely N-dealkylation sites (tertiary alicyclic amines) is 1. The Morgan fingerprint density at radius 1 is 1.14 bits per heavy atom. The molecule has 28 heavy (non-hydrogen) atoms. The number of nitrogens with zero attached hydrogens (tertiary/aromatic N) is 4. The molecule has 0 radical (unpaired) electrons. The SMILES string of the molecule is CC1(C)CC(CC(=O)N2CCC(n3cc(C(C)(C)C)nn3)CC2)CC(C)(C)N1. The molecule has 0 aromatic carbocycles. The predicted octanol–water partition coefficient (Wildman–Crippen LogP) is 3.69. The maximum absolute atomic E-state index is 12.9. The van der Waals surface area contributed by atoms with E-state index in [1.807, 2.05) is 4.68 Å². The molecule has 3 heterocycles. The van der Waals surface area contributed by atoms with Crippen molar-refractivity contribution >= 4 is 5.91 Å². The smallest absolute Gasteiger partial charge is 0.222 e. The van der Waals surface area contributed by atoms with Crippen LogP contribution in [0.1, 0.15) is 92.3 Å². The Labute approximate surface area is 170 Å². The van der Waals surface area contributed by atoms with Crippen LogP contribution in [0.25, 0.3) is 0 Å². The Hall–Kier alpha value is -1.43. The summed E-state index contributed by atoms with van der Waals surface area (Å²) in [5.74, 6) is 0.784. The molecule has 0 atom stereocenters. The van der Waals surface area contributed by atoms with Gasteiger partial charge in [-0.25, -0.2) is 4.68 Å². The Kier molecular flexibility index (Phi) is 5.65. The summed E-state index contributed by atoms with van der Waals surface area (Å²) in [5, 5.41) is 12.4. The number of nitrogens with one attached hydrogen (secondary N) is 1. The van der Waals surface area contributed by atoms with Crippen LogP contribution in [-0.2, 0) is 10.2 Å². The van der Waals surface area contributed by atoms with Crippen LogP contribution in [0.2, 0.25) is 0 Å². The quantitative estimate of drug-likeness (QED) is 0.856. The van der Waals surface area contributed by atoms with Gasteiger partial charge in [-0.2, -0.15) is 0 Å². The van der Waals surface area contributed by atoms with Gasteiger partial charge >= 0.3 is 0 Å². The van der Waals surface area contributed by atoms with E-state index in [-0.39, 0.29) is 16.5 Å². The topological polar surface area (TPSA) is 63.1 Å².